The van der Waals surface area contributed by atoms with Crippen LogP contribution in [0.3, 0.4) is 0 Å². The molecule has 1 rings (SSSR count). The molecule has 1 aliphatic rings. The van der Waals surface area contributed by atoms with E-state index in [1.165, 1.54) is 0 Å². The molecule has 11 heavy (non-hydrogen) atoms. The summed E-state index contributed by atoms with van der Waals surface area (Å²) in [5, 5.41) is 0. The molecule has 1 aliphatic heterocycles. The van der Waals surface area contributed by atoms with E-state index in [1.54, 1.807) is 0 Å². The Labute approximate surface area is 95.9 Å². The van der Waals surface area contributed by atoms with Crippen LogP contribution >= 0.6 is 0 Å². The van der Waals surface area contributed by atoms with Gasteiger partial charge in [0.1, 0.15) is 7.85 Å². The normalized spacial score (nSPS) is 38.6. The van der Waals surface area contributed by atoms with Gasteiger partial charge in [-0.15, -0.1) is 0 Å². The fraction of sp³-hybridized carbons (Fsp3) is 0.750. The van der Waals surface area contributed by atoms with Gasteiger partial charge in [-0.3, -0.25) is 0 Å². The predicted octanol–water partition coefficient (Wildman–Crippen LogP) is 1.54. The molecule has 0 aromatic rings. The minimum atomic E-state index is -0.176. The summed E-state index contributed by atoms with van der Waals surface area (Å²) in [6.07, 6.45) is 2.06. The molecule has 0 N–H and O–H groups in total. The monoisotopic (exact) mass is 225 g/mol. The Morgan fingerprint density at radius 1 is 1.64 bits per heavy atom. The van der Waals surface area contributed by atoms with Crippen LogP contribution in [0.1, 0.15) is 20.3 Å². The first-order valence-electron chi connectivity index (χ1n) is 3.77. The van der Waals surface area contributed by atoms with E-state index in [0.717, 1.165) is 12.5 Å². The summed E-state index contributed by atoms with van der Waals surface area (Å²) in [7, 11) is 5.63. The zero-order valence-electron chi connectivity index (χ0n) is 7.21. The van der Waals surface area contributed by atoms with Gasteiger partial charge in [-0.05, 0) is 6.00 Å². The van der Waals surface area contributed by atoms with Crippen LogP contribution in [0.25, 0.3) is 0 Å². The first-order valence-corrected chi connectivity index (χ1v) is 3.77. The summed E-state index contributed by atoms with van der Waals surface area (Å²) in [5.74, 6) is 0.662. The fourth-order valence-corrected chi connectivity index (χ4v) is 1.30. The Morgan fingerprint density at radius 2 is 2.18 bits per heavy atom. The maximum atomic E-state index is 5.63. The Balaban J connectivity index is 0.000001000. The molecule has 3 heteroatoms. The second-order valence-electron chi connectivity index (χ2n) is 2.85. The minimum Gasteiger partial charge on any atom is -0.555 e. The molecule has 1 nitrogen and oxygen atoms in total. The zero-order chi connectivity index (χ0) is 7.72. The van der Waals surface area contributed by atoms with E-state index >= 15 is 0 Å². The minimum absolute atomic E-state index is 0. The predicted molar refractivity (Wildman–Crippen MR) is 42.2 cm³/mol. The summed E-state index contributed by atoms with van der Waals surface area (Å²) in [5.41, 5.74) is 0. The zero-order valence-corrected chi connectivity index (χ0v) is 10.0. The van der Waals surface area contributed by atoms with Gasteiger partial charge in [0, 0.05) is 32.7 Å². The Morgan fingerprint density at radius 3 is 2.36 bits per heavy atom. The first-order chi connectivity index (χ1) is 4.66. The summed E-state index contributed by atoms with van der Waals surface area (Å²) in [6, 6.07) is -0.176. The van der Waals surface area contributed by atoms with Crippen LogP contribution in [0.5, 0.6) is 0 Å². The van der Waals surface area contributed by atoms with Gasteiger partial charge >= 0.3 is 0 Å². The molecule has 3 radical (unpaired) electrons. The molecule has 0 spiro atoms. The van der Waals surface area contributed by atoms with Crippen LogP contribution < -0.4 is 0 Å². The SMILES string of the molecule is [B][C@@H]1O[C-](CC)C(C)[C@@H]1[CH2-].[Y]. The van der Waals surface area contributed by atoms with Gasteiger partial charge in [0.05, 0.1) is 0 Å². The summed E-state index contributed by atoms with van der Waals surface area (Å²) >= 11 is 0. The van der Waals surface area contributed by atoms with Crippen molar-refractivity contribution in [1.29, 1.82) is 0 Å². The molecule has 1 saturated heterocycles. The van der Waals surface area contributed by atoms with Gasteiger partial charge < -0.3 is 11.7 Å². The number of hydrogen-bond acceptors (Lipinski definition) is 1. The first kappa shape index (κ1) is 12.1. The van der Waals surface area contributed by atoms with E-state index < -0.39 is 0 Å². The second kappa shape index (κ2) is 4.99. The van der Waals surface area contributed by atoms with E-state index in [0.29, 0.717) is 5.92 Å². The van der Waals surface area contributed by atoms with Crippen LogP contribution in [0.15, 0.2) is 0 Å². The molecular formula is C8H13BOY-2. The molecule has 0 bridgehead atoms. The molecule has 0 amide bonds. The molecule has 59 valence electrons. The van der Waals surface area contributed by atoms with E-state index in [1.807, 2.05) is 0 Å². The van der Waals surface area contributed by atoms with E-state index in [-0.39, 0.29) is 44.6 Å². The van der Waals surface area contributed by atoms with Crippen molar-refractivity contribution in [3.05, 3.63) is 13.0 Å². The van der Waals surface area contributed by atoms with Crippen LogP contribution in [0.4, 0.5) is 0 Å². The van der Waals surface area contributed by atoms with Crippen molar-refractivity contribution in [2.24, 2.45) is 11.8 Å². The van der Waals surface area contributed by atoms with E-state index in [2.05, 4.69) is 20.8 Å². The van der Waals surface area contributed by atoms with Crippen LogP contribution in [-0.2, 0) is 37.4 Å². The molecule has 1 heterocycles. The Hall–Kier alpha value is 1.13. The van der Waals surface area contributed by atoms with Gasteiger partial charge in [0.15, 0.2) is 0 Å². The fourth-order valence-electron chi connectivity index (χ4n) is 1.30. The number of ether oxygens (including phenoxy) is 1. The maximum absolute atomic E-state index is 5.63. The Bertz CT molecular complexity index is 121. The topological polar surface area (TPSA) is 9.23 Å². The average molecular weight is 225 g/mol. The van der Waals surface area contributed by atoms with Crippen molar-refractivity contribution in [1.82, 2.24) is 0 Å². The maximum Gasteiger partial charge on any atom is 0.101 e. The van der Waals surface area contributed by atoms with E-state index in [9.17, 15) is 0 Å². The van der Waals surface area contributed by atoms with Gasteiger partial charge in [-0.25, -0.2) is 0 Å². The standard InChI is InChI=1S/C8H13BO.Y/c1-4-7-5(2)6(3)8(9)10-7;/h5-6,8H,3-4H2,1-2H3;/q-2;/t5?,6-,8+;/m0./s1. The smallest absolute Gasteiger partial charge is 0.101 e. The summed E-state index contributed by atoms with van der Waals surface area (Å²) in [6.45, 7) is 8.12. The van der Waals surface area contributed by atoms with Gasteiger partial charge in [0.2, 0.25) is 0 Å². The second-order valence-corrected chi connectivity index (χ2v) is 2.85. The van der Waals surface area contributed by atoms with Gasteiger partial charge in [0.25, 0.3) is 0 Å². The largest absolute Gasteiger partial charge is 0.555 e. The molecule has 1 unspecified atom stereocenters. The van der Waals surface area contributed by atoms with Crippen molar-refractivity contribution in [3.63, 3.8) is 0 Å². The molecule has 0 saturated carbocycles. The third-order valence-corrected chi connectivity index (χ3v) is 2.21. The molecule has 3 atom stereocenters. The average Bonchev–Trinajstić information content (AvgIpc) is 2.17. The summed E-state index contributed by atoms with van der Waals surface area (Å²) in [4.78, 5) is 0. The van der Waals surface area contributed by atoms with Crippen molar-refractivity contribution < 1.29 is 37.4 Å². The molecule has 0 aliphatic carbocycles. The summed E-state index contributed by atoms with van der Waals surface area (Å²) < 4.78 is 5.37. The molecule has 0 aromatic heterocycles. The molecule has 1 fully saturated rings. The van der Waals surface area contributed by atoms with E-state index in [4.69, 9.17) is 12.6 Å². The van der Waals surface area contributed by atoms with Crippen molar-refractivity contribution in [2.75, 3.05) is 0 Å². The van der Waals surface area contributed by atoms with Crippen LogP contribution in [0.2, 0.25) is 0 Å². The third kappa shape index (κ3) is 2.53. The van der Waals surface area contributed by atoms with Crippen molar-refractivity contribution in [3.8, 4) is 0 Å². The third-order valence-electron chi connectivity index (χ3n) is 2.21. The quantitative estimate of drug-likeness (QED) is 0.485. The van der Waals surface area contributed by atoms with Crippen LogP contribution in [-0.4, -0.2) is 13.8 Å². The molecular weight excluding hydrogens is 212 g/mol. The van der Waals surface area contributed by atoms with Crippen LogP contribution in [0, 0.1) is 24.9 Å². The Kier molecular flexibility index (Phi) is 5.50. The molecule has 0 aromatic carbocycles. The van der Waals surface area contributed by atoms with Crippen molar-refractivity contribution >= 4 is 7.85 Å². The van der Waals surface area contributed by atoms with Crippen molar-refractivity contribution in [2.45, 2.75) is 26.3 Å². The number of hydrogen-bond donors (Lipinski definition) is 0. The van der Waals surface area contributed by atoms with Gasteiger partial charge in [-0.1, -0.05) is 13.8 Å². The number of rotatable bonds is 1. The van der Waals surface area contributed by atoms with Gasteiger partial charge in [-0.2, -0.15) is 24.4 Å².